The maximum absolute atomic E-state index is 3.42. The molecule has 0 bridgehead atoms. The molecule has 0 amide bonds. The van der Waals surface area contributed by atoms with Gasteiger partial charge in [-0.1, -0.05) is 32.0 Å². The Hall–Kier alpha value is -1.02. The SMILES string of the molecule is CCCNN(CCC)c1ccccc1. The van der Waals surface area contributed by atoms with Crippen molar-refractivity contribution in [3.05, 3.63) is 30.3 Å². The molecular weight excluding hydrogens is 172 g/mol. The molecule has 0 aliphatic heterocycles. The van der Waals surface area contributed by atoms with E-state index in [4.69, 9.17) is 0 Å². The molecule has 1 aromatic carbocycles. The van der Waals surface area contributed by atoms with Crippen LogP contribution < -0.4 is 10.4 Å². The summed E-state index contributed by atoms with van der Waals surface area (Å²) in [6.45, 7) is 6.48. The van der Waals surface area contributed by atoms with Crippen LogP contribution in [0.15, 0.2) is 30.3 Å². The number of para-hydroxylation sites is 1. The smallest absolute Gasteiger partial charge is 0.0519 e. The normalized spacial score (nSPS) is 10.1. The van der Waals surface area contributed by atoms with Gasteiger partial charge in [0.25, 0.3) is 0 Å². The Morgan fingerprint density at radius 2 is 1.79 bits per heavy atom. The zero-order valence-electron chi connectivity index (χ0n) is 9.16. The van der Waals surface area contributed by atoms with Gasteiger partial charge in [0.1, 0.15) is 0 Å². The molecule has 0 heterocycles. The summed E-state index contributed by atoms with van der Waals surface area (Å²) in [7, 11) is 0. The van der Waals surface area contributed by atoms with Crippen LogP contribution in [0.3, 0.4) is 0 Å². The zero-order valence-corrected chi connectivity index (χ0v) is 9.16. The Kier molecular flexibility index (Phi) is 5.08. The molecule has 0 aliphatic carbocycles. The number of hydrogen-bond acceptors (Lipinski definition) is 2. The minimum Gasteiger partial charge on any atom is -0.308 e. The van der Waals surface area contributed by atoms with Crippen molar-refractivity contribution in [2.24, 2.45) is 0 Å². The lowest BCUT2D eigenvalue weighted by molar-refractivity contribution is 0.608. The lowest BCUT2D eigenvalue weighted by atomic mass is 10.3. The number of benzene rings is 1. The van der Waals surface area contributed by atoms with E-state index in [1.165, 1.54) is 5.69 Å². The Bertz CT molecular complexity index is 233. The Morgan fingerprint density at radius 3 is 2.36 bits per heavy atom. The number of nitrogens with zero attached hydrogens (tertiary/aromatic N) is 1. The van der Waals surface area contributed by atoms with Gasteiger partial charge < -0.3 is 5.01 Å². The van der Waals surface area contributed by atoms with Crippen LogP contribution in [-0.2, 0) is 0 Å². The molecule has 0 radical (unpaired) electrons. The molecule has 0 atom stereocenters. The molecule has 0 fully saturated rings. The van der Waals surface area contributed by atoms with Crippen LogP contribution in [0.5, 0.6) is 0 Å². The van der Waals surface area contributed by atoms with Crippen molar-refractivity contribution in [2.75, 3.05) is 18.1 Å². The first-order chi connectivity index (χ1) is 6.88. The van der Waals surface area contributed by atoms with Gasteiger partial charge in [-0.05, 0) is 25.0 Å². The predicted molar refractivity (Wildman–Crippen MR) is 62.4 cm³/mol. The van der Waals surface area contributed by atoms with Crippen LogP contribution in [-0.4, -0.2) is 13.1 Å². The number of hydrogen-bond donors (Lipinski definition) is 1. The summed E-state index contributed by atoms with van der Waals surface area (Å²) in [6.07, 6.45) is 2.32. The first-order valence-corrected chi connectivity index (χ1v) is 5.44. The molecule has 78 valence electrons. The fraction of sp³-hybridized carbons (Fsp3) is 0.500. The van der Waals surface area contributed by atoms with Crippen molar-refractivity contribution < 1.29 is 0 Å². The van der Waals surface area contributed by atoms with Crippen LogP contribution in [0.2, 0.25) is 0 Å². The molecule has 14 heavy (non-hydrogen) atoms. The molecule has 0 spiro atoms. The molecule has 0 unspecified atom stereocenters. The predicted octanol–water partition coefficient (Wildman–Crippen LogP) is 2.82. The van der Waals surface area contributed by atoms with Gasteiger partial charge in [-0.15, -0.1) is 0 Å². The van der Waals surface area contributed by atoms with Crippen molar-refractivity contribution in [1.29, 1.82) is 0 Å². The fourth-order valence-corrected chi connectivity index (χ4v) is 1.38. The second-order valence-electron chi connectivity index (χ2n) is 3.40. The monoisotopic (exact) mass is 192 g/mol. The summed E-state index contributed by atoms with van der Waals surface area (Å²) in [6, 6.07) is 10.5. The van der Waals surface area contributed by atoms with Crippen LogP contribution in [0.1, 0.15) is 26.7 Å². The molecule has 1 aromatic rings. The molecule has 2 heteroatoms. The highest BCUT2D eigenvalue weighted by molar-refractivity contribution is 5.44. The Morgan fingerprint density at radius 1 is 1.07 bits per heavy atom. The van der Waals surface area contributed by atoms with Gasteiger partial charge in [0.05, 0.1) is 5.69 Å². The summed E-state index contributed by atoms with van der Waals surface area (Å²) in [5.41, 5.74) is 4.67. The maximum atomic E-state index is 3.42. The molecule has 0 aliphatic rings. The van der Waals surface area contributed by atoms with Crippen molar-refractivity contribution in [3.63, 3.8) is 0 Å². The third-order valence-electron chi connectivity index (χ3n) is 2.07. The Labute approximate surface area is 86.9 Å². The molecule has 0 aromatic heterocycles. The van der Waals surface area contributed by atoms with Crippen molar-refractivity contribution in [1.82, 2.24) is 5.43 Å². The number of anilines is 1. The summed E-state index contributed by atoms with van der Waals surface area (Å²) < 4.78 is 0. The van der Waals surface area contributed by atoms with E-state index < -0.39 is 0 Å². The van der Waals surface area contributed by atoms with Crippen molar-refractivity contribution >= 4 is 5.69 Å². The van der Waals surface area contributed by atoms with Crippen LogP contribution in [0.25, 0.3) is 0 Å². The second kappa shape index (κ2) is 6.44. The highest BCUT2D eigenvalue weighted by Gasteiger charge is 2.02. The highest BCUT2D eigenvalue weighted by atomic mass is 15.5. The van der Waals surface area contributed by atoms with Gasteiger partial charge in [-0.3, -0.25) is 0 Å². The van der Waals surface area contributed by atoms with E-state index in [1.807, 2.05) is 6.07 Å². The molecule has 0 saturated carbocycles. The zero-order chi connectivity index (χ0) is 10.2. The average molecular weight is 192 g/mol. The number of hydrazine groups is 1. The van der Waals surface area contributed by atoms with E-state index in [1.54, 1.807) is 0 Å². The third kappa shape index (κ3) is 3.38. The van der Waals surface area contributed by atoms with E-state index in [0.717, 1.165) is 25.9 Å². The topological polar surface area (TPSA) is 15.3 Å². The van der Waals surface area contributed by atoms with Gasteiger partial charge in [0.15, 0.2) is 0 Å². The number of rotatable bonds is 6. The van der Waals surface area contributed by atoms with Crippen LogP contribution >= 0.6 is 0 Å². The van der Waals surface area contributed by atoms with Gasteiger partial charge in [0, 0.05) is 13.1 Å². The largest absolute Gasteiger partial charge is 0.308 e. The molecule has 1 N–H and O–H groups in total. The first-order valence-electron chi connectivity index (χ1n) is 5.44. The minimum absolute atomic E-state index is 1.04. The lowest BCUT2D eigenvalue weighted by Crippen LogP contribution is -2.39. The maximum Gasteiger partial charge on any atom is 0.0519 e. The van der Waals surface area contributed by atoms with Crippen LogP contribution in [0.4, 0.5) is 5.69 Å². The van der Waals surface area contributed by atoms with Crippen LogP contribution in [0, 0.1) is 0 Å². The second-order valence-corrected chi connectivity index (χ2v) is 3.40. The summed E-state index contributed by atoms with van der Waals surface area (Å²) in [5.74, 6) is 0. The van der Waals surface area contributed by atoms with Gasteiger partial charge in [-0.2, -0.15) is 0 Å². The fourth-order valence-electron chi connectivity index (χ4n) is 1.38. The van der Waals surface area contributed by atoms with E-state index in [9.17, 15) is 0 Å². The average Bonchev–Trinajstić information content (AvgIpc) is 2.25. The van der Waals surface area contributed by atoms with E-state index >= 15 is 0 Å². The third-order valence-corrected chi connectivity index (χ3v) is 2.07. The molecule has 0 saturated heterocycles. The van der Waals surface area contributed by atoms with Gasteiger partial charge in [0.2, 0.25) is 0 Å². The van der Waals surface area contributed by atoms with E-state index in [-0.39, 0.29) is 0 Å². The standard InChI is InChI=1S/C12H20N2/c1-3-10-13-14(11-4-2)12-8-6-5-7-9-12/h5-9,13H,3-4,10-11H2,1-2H3. The summed E-state index contributed by atoms with van der Waals surface area (Å²) in [4.78, 5) is 0. The molecular formula is C12H20N2. The highest BCUT2D eigenvalue weighted by Crippen LogP contribution is 2.10. The minimum atomic E-state index is 1.04. The van der Waals surface area contributed by atoms with E-state index in [0.29, 0.717) is 0 Å². The van der Waals surface area contributed by atoms with Gasteiger partial charge >= 0.3 is 0 Å². The van der Waals surface area contributed by atoms with Gasteiger partial charge in [-0.25, -0.2) is 5.43 Å². The lowest BCUT2D eigenvalue weighted by Gasteiger charge is -2.24. The van der Waals surface area contributed by atoms with Crippen molar-refractivity contribution in [3.8, 4) is 0 Å². The number of nitrogens with one attached hydrogen (secondary N) is 1. The summed E-state index contributed by atoms with van der Waals surface area (Å²) >= 11 is 0. The quantitative estimate of drug-likeness (QED) is 0.697. The Balaban J connectivity index is 2.58. The van der Waals surface area contributed by atoms with E-state index in [2.05, 4.69) is 48.5 Å². The first kappa shape index (κ1) is 11.1. The molecule has 2 nitrogen and oxygen atoms in total. The summed E-state index contributed by atoms with van der Waals surface area (Å²) in [5, 5.41) is 2.23. The molecule has 1 rings (SSSR count). The van der Waals surface area contributed by atoms with Crippen molar-refractivity contribution in [2.45, 2.75) is 26.7 Å².